The van der Waals surface area contributed by atoms with Gasteiger partial charge in [0, 0.05) is 41.8 Å². The van der Waals surface area contributed by atoms with Gasteiger partial charge in [-0.2, -0.15) is 0 Å². The van der Waals surface area contributed by atoms with Crippen molar-refractivity contribution in [2.24, 2.45) is 5.92 Å². The van der Waals surface area contributed by atoms with Crippen LogP contribution >= 0.6 is 11.6 Å². The lowest BCUT2D eigenvalue weighted by Gasteiger charge is -2.21. The highest BCUT2D eigenvalue weighted by atomic mass is 35.5. The number of pyridine rings is 2. The predicted molar refractivity (Wildman–Crippen MR) is 133 cm³/mol. The molecule has 3 aromatic heterocycles. The summed E-state index contributed by atoms with van der Waals surface area (Å²) in [5.41, 5.74) is 3.14. The summed E-state index contributed by atoms with van der Waals surface area (Å²) in [4.78, 5) is 34.1. The second-order valence-electron chi connectivity index (χ2n) is 8.59. The fourth-order valence-corrected chi connectivity index (χ4v) is 4.50. The summed E-state index contributed by atoms with van der Waals surface area (Å²) in [5, 5.41) is 6.54. The SMILES string of the molecule is O=C(Cn1ccc2ncc(-c3cc(NC(=O)[C@@H]4CCCNC4)ncc3Cl)cc21)c1cccc(F)c1. The first kappa shape index (κ1) is 23.1. The topological polar surface area (TPSA) is 88.9 Å². The van der Waals surface area contributed by atoms with E-state index in [9.17, 15) is 14.0 Å². The van der Waals surface area contributed by atoms with Gasteiger partial charge in [0.05, 0.1) is 28.5 Å². The van der Waals surface area contributed by atoms with Crippen molar-refractivity contribution in [3.05, 3.63) is 77.5 Å². The number of hydrogen-bond acceptors (Lipinski definition) is 5. The average Bonchev–Trinajstić information content (AvgIpc) is 3.27. The van der Waals surface area contributed by atoms with Crippen LogP contribution in [0.3, 0.4) is 0 Å². The van der Waals surface area contributed by atoms with E-state index in [2.05, 4.69) is 20.6 Å². The Bertz CT molecular complexity index is 1410. The quantitative estimate of drug-likeness (QED) is 0.381. The molecule has 1 fully saturated rings. The third kappa shape index (κ3) is 5.08. The third-order valence-corrected chi connectivity index (χ3v) is 6.47. The molecule has 1 aromatic carbocycles. The van der Waals surface area contributed by atoms with Crippen LogP contribution in [0.4, 0.5) is 10.2 Å². The Labute approximate surface area is 206 Å². The number of nitrogens with one attached hydrogen (secondary N) is 2. The summed E-state index contributed by atoms with van der Waals surface area (Å²) in [6.45, 7) is 1.62. The Morgan fingerprint density at radius 1 is 1.17 bits per heavy atom. The van der Waals surface area contributed by atoms with Crippen LogP contribution in [0, 0.1) is 11.7 Å². The molecule has 35 heavy (non-hydrogen) atoms. The summed E-state index contributed by atoms with van der Waals surface area (Å²) in [6.07, 6.45) is 6.77. The number of Topliss-reactive ketones (excluding diaryl/α,β-unsaturated/α-hetero) is 1. The molecule has 2 N–H and O–H groups in total. The molecule has 0 saturated carbocycles. The monoisotopic (exact) mass is 491 g/mol. The minimum Gasteiger partial charge on any atom is -0.338 e. The number of amides is 1. The van der Waals surface area contributed by atoms with Gasteiger partial charge >= 0.3 is 0 Å². The Balaban J connectivity index is 1.41. The lowest BCUT2D eigenvalue weighted by Crippen LogP contribution is -2.37. The lowest BCUT2D eigenvalue weighted by molar-refractivity contribution is -0.120. The van der Waals surface area contributed by atoms with Crippen molar-refractivity contribution in [3.63, 3.8) is 0 Å². The van der Waals surface area contributed by atoms with Gasteiger partial charge in [0.2, 0.25) is 5.91 Å². The number of benzene rings is 1. The van der Waals surface area contributed by atoms with E-state index in [0.29, 0.717) is 34.0 Å². The van der Waals surface area contributed by atoms with E-state index in [1.54, 1.807) is 29.1 Å². The molecule has 4 aromatic rings. The van der Waals surface area contributed by atoms with E-state index >= 15 is 0 Å². The molecule has 0 bridgehead atoms. The van der Waals surface area contributed by atoms with Gasteiger partial charge < -0.3 is 15.2 Å². The van der Waals surface area contributed by atoms with Crippen LogP contribution < -0.4 is 10.6 Å². The molecule has 0 unspecified atom stereocenters. The maximum Gasteiger partial charge on any atom is 0.229 e. The zero-order valence-corrected chi connectivity index (χ0v) is 19.6. The second kappa shape index (κ2) is 9.93. The molecular weight excluding hydrogens is 469 g/mol. The highest BCUT2D eigenvalue weighted by Gasteiger charge is 2.21. The summed E-state index contributed by atoms with van der Waals surface area (Å²) in [7, 11) is 0. The first-order valence-electron chi connectivity index (χ1n) is 11.4. The summed E-state index contributed by atoms with van der Waals surface area (Å²) in [6, 6.07) is 11.1. The van der Waals surface area contributed by atoms with Gasteiger partial charge in [-0.1, -0.05) is 23.7 Å². The largest absolute Gasteiger partial charge is 0.338 e. The molecular formula is C26H23ClFN5O2. The maximum atomic E-state index is 13.5. The number of hydrogen-bond donors (Lipinski definition) is 2. The van der Waals surface area contributed by atoms with Gasteiger partial charge in [-0.05, 0) is 49.7 Å². The van der Waals surface area contributed by atoms with E-state index in [0.717, 1.165) is 30.5 Å². The van der Waals surface area contributed by atoms with Crippen LogP contribution in [0.1, 0.15) is 23.2 Å². The van der Waals surface area contributed by atoms with Crippen LogP contribution in [0.2, 0.25) is 5.02 Å². The van der Waals surface area contributed by atoms with Crippen molar-refractivity contribution in [3.8, 4) is 11.1 Å². The van der Waals surface area contributed by atoms with Crippen molar-refractivity contribution in [1.82, 2.24) is 19.9 Å². The van der Waals surface area contributed by atoms with Crippen LogP contribution in [0.5, 0.6) is 0 Å². The molecule has 9 heteroatoms. The molecule has 178 valence electrons. The first-order valence-corrected chi connectivity index (χ1v) is 11.8. The molecule has 1 aliphatic rings. The van der Waals surface area contributed by atoms with Crippen molar-refractivity contribution in [2.45, 2.75) is 19.4 Å². The number of carbonyl (C=O) groups is 2. The summed E-state index contributed by atoms with van der Waals surface area (Å²) >= 11 is 6.45. The average molecular weight is 492 g/mol. The summed E-state index contributed by atoms with van der Waals surface area (Å²) in [5.74, 6) is -0.418. The van der Waals surface area contributed by atoms with Crippen molar-refractivity contribution >= 4 is 40.1 Å². The molecule has 1 saturated heterocycles. The van der Waals surface area contributed by atoms with Crippen LogP contribution in [0.25, 0.3) is 22.2 Å². The molecule has 1 aliphatic heterocycles. The number of halogens is 2. The molecule has 1 atom stereocenters. The molecule has 7 nitrogen and oxygen atoms in total. The van der Waals surface area contributed by atoms with Gasteiger partial charge in [0.1, 0.15) is 11.6 Å². The molecule has 1 amide bonds. The molecule has 4 heterocycles. The lowest BCUT2D eigenvalue weighted by atomic mass is 9.99. The highest BCUT2D eigenvalue weighted by Crippen LogP contribution is 2.31. The molecule has 0 aliphatic carbocycles. The van der Waals surface area contributed by atoms with E-state index < -0.39 is 5.82 Å². The number of anilines is 1. The van der Waals surface area contributed by atoms with Gasteiger partial charge in [0.25, 0.3) is 0 Å². The van der Waals surface area contributed by atoms with Gasteiger partial charge in [-0.3, -0.25) is 14.6 Å². The minimum absolute atomic E-state index is 0.0406. The zero-order valence-electron chi connectivity index (χ0n) is 18.8. The Hall–Kier alpha value is -3.62. The van der Waals surface area contributed by atoms with Crippen molar-refractivity contribution < 1.29 is 14.0 Å². The Kier molecular flexibility index (Phi) is 6.57. The van der Waals surface area contributed by atoms with Gasteiger partial charge in [-0.15, -0.1) is 0 Å². The normalized spacial score (nSPS) is 15.8. The number of fused-ring (bicyclic) bond motifs is 1. The molecule has 0 radical (unpaired) electrons. The fourth-order valence-electron chi connectivity index (χ4n) is 4.29. The van der Waals surface area contributed by atoms with Crippen molar-refractivity contribution in [2.75, 3.05) is 18.4 Å². The minimum atomic E-state index is -0.452. The smallest absolute Gasteiger partial charge is 0.229 e. The zero-order chi connectivity index (χ0) is 24.4. The maximum absolute atomic E-state index is 13.5. The Morgan fingerprint density at radius 3 is 2.86 bits per heavy atom. The number of piperidine rings is 1. The summed E-state index contributed by atoms with van der Waals surface area (Å²) < 4.78 is 15.3. The fraction of sp³-hybridized carbons (Fsp3) is 0.231. The van der Waals surface area contributed by atoms with E-state index in [1.165, 1.54) is 24.4 Å². The van der Waals surface area contributed by atoms with Crippen LogP contribution in [-0.2, 0) is 11.3 Å². The standard InChI is InChI=1S/C26H23ClFN5O2/c27-21-14-31-25(32-26(35)17-4-2-7-29-12-17)11-20(21)18-10-23-22(30-13-18)6-8-33(23)15-24(34)16-3-1-5-19(28)9-16/h1,3,5-6,8-11,13-14,17,29H,2,4,7,12,15H2,(H,31,32,35)/t17-/m1/s1. The number of rotatable bonds is 6. The van der Waals surface area contributed by atoms with E-state index in [4.69, 9.17) is 11.6 Å². The molecule has 0 spiro atoms. The van der Waals surface area contributed by atoms with Crippen LogP contribution in [-0.4, -0.2) is 39.3 Å². The van der Waals surface area contributed by atoms with Gasteiger partial charge in [-0.25, -0.2) is 9.37 Å². The predicted octanol–water partition coefficient (Wildman–Crippen LogP) is 4.71. The first-order chi connectivity index (χ1) is 17.0. The van der Waals surface area contributed by atoms with E-state index in [1.807, 2.05) is 12.1 Å². The molecule has 5 rings (SSSR count). The number of nitrogens with zero attached hydrogens (tertiary/aromatic N) is 3. The third-order valence-electron chi connectivity index (χ3n) is 6.16. The number of aromatic nitrogens is 3. The van der Waals surface area contributed by atoms with Crippen LogP contribution in [0.15, 0.2) is 61.1 Å². The van der Waals surface area contributed by atoms with E-state index in [-0.39, 0.29) is 24.2 Å². The highest BCUT2D eigenvalue weighted by molar-refractivity contribution is 6.33. The number of ketones is 1. The van der Waals surface area contributed by atoms with Gasteiger partial charge in [0.15, 0.2) is 5.78 Å². The Morgan fingerprint density at radius 2 is 2.06 bits per heavy atom. The van der Waals surface area contributed by atoms with Crippen molar-refractivity contribution in [1.29, 1.82) is 0 Å². The second-order valence-corrected chi connectivity index (χ2v) is 8.99. The number of carbonyl (C=O) groups excluding carboxylic acids is 2.